The minimum absolute atomic E-state index is 0.144. The molecule has 0 aliphatic rings. The first-order chi connectivity index (χ1) is 10.8. The fourth-order valence-electron chi connectivity index (χ4n) is 2.04. The molecule has 0 radical (unpaired) electrons. The highest BCUT2D eigenvalue weighted by atomic mass is 16.5. The number of carbonyl (C=O) groups excluding carboxylic acids is 1. The van der Waals surface area contributed by atoms with Gasteiger partial charge in [0.2, 0.25) is 5.95 Å². The Kier molecular flexibility index (Phi) is 4.83. The lowest BCUT2D eigenvalue weighted by molar-refractivity contribution is 0.0602. The number of nitrogens with zero attached hydrogens (tertiary/aromatic N) is 2. The summed E-state index contributed by atoms with van der Waals surface area (Å²) in [6.07, 6.45) is 0. The lowest BCUT2D eigenvalue weighted by atomic mass is 10.1. The van der Waals surface area contributed by atoms with Gasteiger partial charge in [-0.1, -0.05) is 12.1 Å². The molecule has 1 aromatic heterocycles. The maximum atomic E-state index is 11.8. The number of aromatic nitrogens is 2. The molecule has 0 unspecified atom stereocenters. The molecule has 0 spiro atoms. The van der Waals surface area contributed by atoms with Gasteiger partial charge in [0.05, 0.1) is 18.4 Å². The molecule has 6 nitrogen and oxygen atoms in total. The van der Waals surface area contributed by atoms with Crippen LogP contribution in [0.3, 0.4) is 0 Å². The molecule has 2 rings (SSSR count). The summed E-state index contributed by atoms with van der Waals surface area (Å²) in [7, 11) is 1.36. The second-order valence-corrected chi connectivity index (χ2v) is 6.26. The molecular formula is C17H22N4O2. The average molecular weight is 314 g/mol. The summed E-state index contributed by atoms with van der Waals surface area (Å²) in [4.78, 5) is 20.7. The van der Waals surface area contributed by atoms with E-state index in [9.17, 15) is 4.79 Å². The Balaban J connectivity index is 2.32. The summed E-state index contributed by atoms with van der Waals surface area (Å²) in [5.41, 5.74) is 1.77. The fraction of sp³-hybridized carbons (Fsp3) is 0.353. The number of hydrogen-bond donors (Lipinski definition) is 2. The molecule has 0 saturated carbocycles. The summed E-state index contributed by atoms with van der Waals surface area (Å²) in [5.74, 6) is 0.753. The molecular weight excluding hydrogens is 292 g/mol. The van der Waals surface area contributed by atoms with E-state index in [-0.39, 0.29) is 5.54 Å². The predicted molar refractivity (Wildman–Crippen MR) is 91.2 cm³/mol. The summed E-state index contributed by atoms with van der Waals surface area (Å²) in [5, 5.41) is 6.41. The zero-order valence-corrected chi connectivity index (χ0v) is 14.1. The van der Waals surface area contributed by atoms with Gasteiger partial charge in [0.25, 0.3) is 0 Å². The maximum Gasteiger partial charge on any atom is 0.339 e. The molecule has 0 saturated heterocycles. The van der Waals surface area contributed by atoms with Crippen molar-refractivity contribution in [1.29, 1.82) is 0 Å². The third-order valence-corrected chi connectivity index (χ3v) is 2.94. The van der Waals surface area contributed by atoms with Crippen LogP contribution in [0.15, 0.2) is 30.3 Å². The number of nitrogens with one attached hydrogen (secondary N) is 2. The van der Waals surface area contributed by atoms with Crippen LogP contribution in [-0.4, -0.2) is 28.6 Å². The third kappa shape index (κ3) is 4.67. The van der Waals surface area contributed by atoms with Crippen LogP contribution in [-0.2, 0) is 4.74 Å². The first-order valence-corrected chi connectivity index (χ1v) is 7.37. The number of para-hydroxylation sites is 1. The number of ether oxygens (including phenoxy) is 1. The highest BCUT2D eigenvalue weighted by molar-refractivity contribution is 5.96. The van der Waals surface area contributed by atoms with E-state index in [1.54, 1.807) is 18.2 Å². The van der Waals surface area contributed by atoms with Crippen molar-refractivity contribution in [2.75, 3.05) is 17.7 Å². The molecule has 0 fully saturated rings. The van der Waals surface area contributed by atoms with Crippen LogP contribution >= 0.6 is 0 Å². The molecule has 122 valence electrons. The van der Waals surface area contributed by atoms with Crippen molar-refractivity contribution in [1.82, 2.24) is 9.97 Å². The molecule has 0 bridgehead atoms. The molecule has 2 N–H and O–H groups in total. The van der Waals surface area contributed by atoms with Gasteiger partial charge in [-0.25, -0.2) is 9.78 Å². The van der Waals surface area contributed by atoms with Gasteiger partial charge in [-0.3, -0.25) is 0 Å². The Morgan fingerprint density at radius 3 is 2.52 bits per heavy atom. The minimum atomic E-state index is -0.396. The van der Waals surface area contributed by atoms with Crippen LogP contribution in [0.1, 0.15) is 36.8 Å². The number of rotatable bonds is 4. The van der Waals surface area contributed by atoms with E-state index >= 15 is 0 Å². The normalized spacial score (nSPS) is 11.0. The lowest BCUT2D eigenvalue weighted by Crippen LogP contribution is -2.27. The highest BCUT2D eigenvalue weighted by Gasteiger charge is 2.14. The second kappa shape index (κ2) is 6.64. The van der Waals surface area contributed by atoms with Crippen molar-refractivity contribution >= 4 is 23.4 Å². The van der Waals surface area contributed by atoms with Gasteiger partial charge in [-0.05, 0) is 39.8 Å². The molecule has 0 amide bonds. The Labute approximate surface area is 136 Å². The molecule has 23 heavy (non-hydrogen) atoms. The fourth-order valence-corrected chi connectivity index (χ4v) is 2.04. The monoisotopic (exact) mass is 314 g/mol. The van der Waals surface area contributed by atoms with E-state index in [0.717, 1.165) is 5.69 Å². The number of anilines is 3. The number of benzene rings is 1. The summed E-state index contributed by atoms with van der Waals surface area (Å²) in [6, 6.07) is 8.96. The van der Waals surface area contributed by atoms with E-state index in [1.807, 2.05) is 39.8 Å². The number of aryl methyl sites for hydroxylation is 1. The van der Waals surface area contributed by atoms with E-state index < -0.39 is 5.97 Å². The van der Waals surface area contributed by atoms with E-state index in [0.29, 0.717) is 23.0 Å². The predicted octanol–water partition coefficient (Wildman–Crippen LogP) is 3.53. The highest BCUT2D eigenvalue weighted by Crippen LogP contribution is 2.22. The molecule has 0 aliphatic heterocycles. The average Bonchev–Trinajstić information content (AvgIpc) is 2.44. The van der Waals surface area contributed by atoms with Gasteiger partial charge in [-0.2, -0.15) is 4.98 Å². The zero-order chi connectivity index (χ0) is 17.0. The van der Waals surface area contributed by atoms with E-state index in [1.165, 1.54) is 7.11 Å². The van der Waals surface area contributed by atoms with Gasteiger partial charge in [-0.15, -0.1) is 0 Å². The molecule has 1 heterocycles. The van der Waals surface area contributed by atoms with Crippen LogP contribution in [0.2, 0.25) is 0 Å². The first-order valence-electron chi connectivity index (χ1n) is 7.37. The Hall–Kier alpha value is -2.63. The largest absolute Gasteiger partial charge is 0.465 e. The number of carbonyl (C=O) groups is 1. The summed E-state index contributed by atoms with van der Waals surface area (Å²) >= 11 is 0. The van der Waals surface area contributed by atoms with Crippen LogP contribution < -0.4 is 10.6 Å². The first kappa shape index (κ1) is 16.7. The van der Waals surface area contributed by atoms with Crippen LogP contribution in [0.4, 0.5) is 17.5 Å². The minimum Gasteiger partial charge on any atom is -0.465 e. The second-order valence-electron chi connectivity index (χ2n) is 6.26. The smallest absolute Gasteiger partial charge is 0.339 e. The molecule has 0 aliphatic carbocycles. The van der Waals surface area contributed by atoms with Crippen molar-refractivity contribution in [3.8, 4) is 0 Å². The summed E-state index contributed by atoms with van der Waals surface area (Å²) < 4.78 is 4.80. The van der Waals surface area contributed by atoms with Gasteiger partial charge in [0.15, 0.2) is 0 Å². The molecule has 1 aromatic carbocycles. The van der Waals surface area contributed by atoms with Gasteiger partial charge in [0.1, 0.15) is 5.82 Å². The van der Waals surface area contributed by atoms with Crippen LogP contribution in [0.5, 0.6) is 0 Å². The Bertz CT molecular complexity index is 708. The third-order valence-electron chi connectivity index (χ3n) is 2.94. The van der Waals surface area contributed by atoms with Crippen molar-refractivity contribution < 1.29 is 9.53 Å². The molecule has 6 heteroatoms. The van der Waals surface area contributed by atoms with Crippen molar-refractivity contribution in [2.24, 2.45) is 0 Å². The number of hydrogen-bond acceptors (Lipinski definition) is 6. The van der Waals surface area contributed by atoms with Crippen molar-refractivity contribution in [2.45, 2.75) is 33.2 Å². The topological polar surface area (TPSA) is 76.1 Å². The van der Waals surface area contributed by atoms with Crippen LogP contribution in [0.25, 0.3) is 0 Å². The maximum absolute atomic E-state index is 11.8. The Morgan fingerprint density at radius 1 is 1.17 bits per heavy atom. The lowest BCUT2D eigenvalue weighted by Gasteiger charge is -2.21. The molecule has 2 aromatic rings. The number of methoxy groups -OCH3 is 1. The van der Waals surface area contributed by atoms with Crippen molar-refractivity contribution in [3.05, 3.63) is 41.6 Å². The Morgan fingerprint density at radius 2 is 1.87 bits per heavy atom. The van der Waals surface area contributed by atoms with Crippen LogP contribution in [0, 0.1) is 6.92 Å². The SMILES string of the molecule is COC(=O)c1ccccc1Nc1cc(C)nc(NC(C)(C)C)n1. The van der Waals surface area contributed by atoms with E-state index in [4.69, 9.17) is 4.74 Å². The van der Waals surface area contributed by atoms with E-state index in [2.05, 4.69) is 20.6 Å². The van der Waals surface area contributed by atoms with Gasteiger partial charge >= 0.3 is 5.97 Å². The standard InChI is InChI=1S/C17H22N4O2/c1-11-10-14(20-16(18-11)21-17(2,3)4)19-13-9-7-6-8-12(13)15(22)23-5/h6-10H,1-5H3,(H2,18,19,20,21). The van der Waals surface area contributed by atoms with Crippen molar-refractivity contribution in [3.63, 3.8) is 0 Å². The zero-order valence-electron chi connectivity index (χ0n) is 14.1. The summed E-state index contributed by atoms with van der Waals surface area (Å²) in [6.45, 7) is 8.02. The van der Waals surface area contributed by atoms with Gasteiger partial charge < -0.3 is 15.4 Å². The molecule has 0 atom stereocenters. The quantitative estimate of drug-likeness (QED) is 0.841. The number of esters is 1. The van der Waals surface area contributed by atoms with Gasteiger partial charge in [0, 0.05) is 17.3 Å².